The van der Waals surface area contributed by atoms with Gasteiger partial charge in [-0.25, -0.2) is 13.2 Å². The molecule has 0 aliphatic rings. The van der Waals surface area contributed by atoms with Crippen LogP contribution in [0.15, 0.2) is 36.4 Å². The highest BCUT2D eigenvalue weighted by molar-refractivity contribution is 5.48. The van der Waals surface area contributed by atoms with Gasteiger partial charge in [-0.15, -0.1) is 0 Å². The molecule has 1 unspecified atom stereocenters. The molecule has 0 radical (unpaired) electrons. The summed E-state index contributed by atoms with van der Waals surface area (Å²) in [7, 11) is 0. The topological polar surface area (TPSA) is 12.0 Å². The van der Waals surface area contributed by atoms with E-state index in [2.05, 4.69) is 12.2 Å². The second-order valence-corrected chi connectivity index (χ2v) is 4.95. The van der Waals surface area contributed by atoms with Crippen LogP contribution in [0.2, 0.25) is 0 Å². The highest BCUT2D eigenvalue weighted by Gasteiger charge is 2.15. The Kier molecular flexibility index (Phi) is 4.89. The summed E-state index contributed by atoms with van der Waals surface area (Å²) in [5.41, 5.74) is 2.01. The van der Waals surface area contributed by atoms with E-state index in [-0.39, 0.29) is 11.7 Å². The van der Waals surface area contributed by atoms with Crippen LogP contribution in [0.25, 0.3) is 0 Å². The fraction of sp³-hybridized carbons (Fsp3) is 0.294. The van der Waals surface area contributed by atoms with Gasteiger partial charge in [0, 0.05) is 12.1 Å². The Morgan fingerprint density at radius 1 is 1.00 bits per heavy atom. The lowest BCUT2D eigenvalue weighted by atomic mass is 10.0. The molecule has 0 fully saturated rings. The molecule has 0 heterocycles. The van der Waals surface area contributed by atoms with Gasteiger partial charge in [0.1, 0.15) is 5.82 Å². The van der Waals surface area contributed by atoms with Crippen LogP contribution in [0.1, 0.15) is 37.4 Å². The fourth-order valence-corrected chi connectivity index (χ4v) is 2.26. The Labute approximate surface area is 122 Å². The summed E-state index contributed by atoms with van der Waals surface area (Å²) in [4.78, 5) is 0. The lowest BCUT2D eigenvalue weighted by molar-refractivity contribution is 0.496. The number of rotatable bonds is 5. The van der Waals surface area contributed by atoms with Crippen LogP contribution in [0, 0.1) is 17.5 Å². The van der Waals surface area contributed by atoms with Crippen molar-refractivity contribution in [2.45, 2.75) is 32.7 Å². The van der Waals surface area contributed by atoms with E-state index in [0.717, 1.165) is 18.1 Å². The monoisotopic (exact) mass is 293 g/mol. The Hall–Kier alpha value is -1.97. The third-order valence-corrected chi connectivity index (χ3v) is 3.52. The second-order valence-electron chi connectivity index (χ2n) is 4.95. The van der Waals surface area contributed by atoms with Gasteiger partial charge >= 0.3 is 0 Å². The summed E-state index contributed by atoms with van der Waals surface area (Å²) in [5, 5.41) is 2.88. The molecule has 0 spiro atoms. The number of anilines is 1. The zero-order valence-corrected chi connectivity index (χ0v) is 12.1. The maximum Gasteiger partial charge on any atom is 0.182 e. The molecular weight excluding hydrogens is 275 g/mol. The Morgan fingerprint density at radius 3 is 2.24 bits per heavy atom. The van der Waals surface area contributed by atoms with Gasteiger partial charge in [0.2, 0.25) is 0 Å². The summed E-state index contributed by atoms with van der Waals surface area (Å²) < 4.78 is 40.2. The molecule has 1 nitrogen and oxygen atoms in total. The maximum atomic E-state index is 13.7. The van der Waals surface area contributed by atoms with Crippen molar-refractivity contribution in [2.24, 2.45) is 0 Å². The summed E-state index contributed by atoms with van der Waals surface area (Å²) in [6, 6.07) is 9.22. The molecule has 0 saturated carbocycles. The second kappa shape index (κ2) is 6.66. The predicted octanol–water partition coefficient (Wildman–Crippen LogP) is 5.23. The van der Waals surface area contributed by atoms with E-state index in [1.165, 1.54) is 5.56 Å². The molecule has 0 aliphatic carbocycles. The van der Waals surface area contributed by atoms with Crippen molar-refractivity contribution in [3.63, 3.8) is 0 Å². The van der Waals surface area contributed by atoms with Gasteiger partial charge in [-0.05, 0) is 24.0 Å². The average Bonchev–Trinajstić information content (AvgIpc) is 2.49. The summed E-state index contributed by atoms with van der Waals surface area (Å²) in [6.45, 7) is 3.99. The highest BCUT2D eigenvalue weighted by atomic mass is 19.2. The van der Waals surface area contributed by atoms with Crippen LogP contribution < -0.4 is 5.32 Å². The van der Waals surface area contributed by atoms with Crippen molar-refractivity contribution in [3.05, 3.63) is 65.0 Å². The van der Waals surface area contributed by atoms with Crippen LogP contribution in [0.5, 0.6) is 0 Å². The van der Waals surface area contributed by atoms with Gasteiger partial charge in [-0.3, -0.25) is 0 Å². The standard InChI is InChI=1S/C17H18F3N/c1-3-11-5-7-12(8-6-11)15(4-2)21-16-10-13(18)9-14(19)17(16)20/h5-10,15,21H,3-4H2,1-2H3. The average molecular weight is 293 g/mol. The van der Waals surface area contributed by atoms with E-state index in [0.29, 0.717) is 12.5 Å². The lowest BCUT2D eigenvalue weighted by Crippen LogP contribution is -2.12. The molecular formula is C17H18F3N. The van der Waals surface area contributed by atoms with Gasteiger partial charge in [0.15, 0.2) is 11.6 Å². The largest absolute Gasteiger partial charge is 0.376 e. The van der Waals surface area contributed by atoms with Crippen molar-refractivity contribution < 1.29 is 13.2 Å². The summed E-state index contributed by atoms with van der Waals surface area (Å²) in [5.74, 6) is -3.04. The Balaban J connectivity index is 2.26. The molecule has 2 aromatic rings. The van der Waals surface area contributed by atoms with E-state index >= 15 is 0 Å². The highest BCUT2D eigenvalue weighted by Crippen LogP contribution is 2.26. The summed E-state index contributed by atoms with van der Waals surface area (Å²) in [6.07, 6.45) is 1.61. The molecule has 21 heavy (non-hydrogen) atoms. The smallest absolute Gasteiger partial charge is 0.182 e. The van der Waals surface area contributed by atoms with Crippen molar-refractivity contribution >= 4 is 5.69 Å². The Bertz CT molecular complexity index is 608. The predicted molar refractivity (Wildman–Crippen MR) is 78.8 cm³/mol. The van der Waals surface area contributed by atoms with Gasteiger partial charge < -0.3 is 5.32 Å². The quantitative estimate of drug-likeness (QED) is 0.744. The number of benzene rings is 2. The van der Waals surface area contributed by atoms with Gasteiger partial charge in [0.25, 0.3) is 0 Å². The van der Waals surface area contributed by atoms with E-state index in [9.17, 15) is 13.2 Å². The van der Waals surface area contributed by atoms with Crippen molar-refractivity contribution in [1.29, 1.82) is 0 Å². The zero-order chi connectivity index (χ0) is 15.4. The first kappa shape index (κ1) is 15.4. The molecule has 0 saturated heterocycles. The van der Waals surface area contributed by atoms with E-state index in [1.807, 2.05) is 31.2 Å². The van der Waals surface area contributed by atoms with E-state index in [1.54, 1.807) is 0 Å². The maximum absolute atomic E-state index is 13.7. The molecule has 4 heteroatoms. The molecule has 0 bridgehead atoms. The van der Waals surface area contributed by atoms with Crippen molar-refractivity contribution in [1.82, 2.24) is 0 Å². The molecule has 1 N–H and O–H groups in total. The van der Waals surface area contributed by atoms with Crippen LogP contribution in [-0.2, 0) is 6.42 Å². The minimum absolute atomic E-state index is 0.154. The number of halogens is 3. The SMILES string of the molecule is CCc1ccc(C(CC)Nc2cc(F)cc(F)c2F)cc1. The normalized spacial score (nSPS) is 12.2. The van der Waals surface area contributed by atoms with Crippen LogP contribution in [0.3, 0.4) is 0 Å². The first-order chi connectivity index (χ1) is 10.0. The molecule has 2 rings (SSSR count). The lowest BCUT2D eigenvalue weighted by Gasteiger charge is -2.19. The van der Waals surface area contributed by atoms with Crippen LogP contribution >= 0.6 is 0 Å². The first-order valence-electron chi connectivity index (χ1n) is 7.05. The Morgan fingerprint density at radius 2 is 1.67 bits per heavy atom. The van der Waals surface area contributed by atoms with Crippen molar-refractivity contribution in [2.75, 3.05) is 5.32 Å². The third-order valence-electron chi connectivity index (χ3n) is 3.52. The summed E-state index contributed by atoms with van der Waals surface area (Å²) >= 11 is 0. The third kappa shape index (κ3) is 3.57. The van der Waals surface area contributed by atoms with Gasteiger partial charge in [-0.1, -0.05) is 38.1 Å². The molecule has 1 atom stereocenters. The van der Waals surface area contributed by atoms with Crippen LogP contribution in [-0.4, -0.2) is 0 Å². The zero-order valence-electron chi connectivity index (χ0n) is 12.1. The number of hydrogen-bond donors (Lipinski definition) is 1. The minimum Gasteiger partial charge on any atom is -0.376 e. The molecule has 0 aliphatic heterocycles. The van der Waals surface area contributed by atoms with Gasteiger partial charge in [-0.2, -0.15) is 0 Å². The fourth-order valence-electron chi connectivity index (χ4n) is 2.26. The van der Waals surface area contributed by atoms with Gasteiger partial charge in [0.05, 0.1) is 11.7 Å². The van der Waals surface area contributed by atoms with Crippen LogP contribution in [0.4, 0.5) is 18.9 Å². The number of nitrogens with one attached hydrogen (secondary N) is 1. The molecule has 0 aromatic heterocycles. The van der Waals surface area contributed by atoms with E-state index in [4.69, 9.17) is 0 Å². The molecule has 2 aromatic carbocycles. The minimum atomic E-state index is -1.19. The molecule has 112 valence electrons. The number of hydrogen-bond acceptors (Lipinski definition) is 1. The molecule has 0 amide bonds. The first-order valence-corrected chi connectivity index (χ1v) is 7.05. The van der Waals surface area contributed by atoms with Crippen molar-refractivity contribution in [3.8, 4) is 0 Å². The number of aryl methyl sites for hydroxylation is 1. The van der Waals surface area contributed by atoms with E-state index < -0.39 is 17.5 Å².